The third-order valence-electron chi connectivity index (χ3n) is 2.31. The Morgan fingerprint density at radius 3 is 3.00 bits per heavy atom. The minimum Gasteiger partial charge on any atom is -0.481 e. The lowest BCUT2D eigenvalue weighted by Crippen LogP contribution is -2.25. The second-order valence-electron chi connectivity index (χ2n) is 3.15. The molecule has 0 saturated carbocycles. The lowest BCUT2D eigenvalue weighted by atomic mass is 9.95. The average Bonchev–Trinajstić information content (AvgIpc) is 2.27. The van der Waals surface area contributed by atoms with Gasteiger partial charge in [0.05, 0.1) is 14.2 Å². The number of rotatable bonds is 2. The van der Waals surface area contributed by atoms with Gasteiger partial charge in [0, 0.05) is 6.08 Å². The summed E-state index contributed by atoms with van der Waals surface area (Å²) in [7, 11) is 3.22. The summed E-state index contributed by atoms with van der Waals surface area (Å²) in [5.74, 6) is 0.665. The van der Waals surface area contributed by atoms with Gasteiger partial charge in [-0.3, -0.25) is 4.84 Å². The van der Waals surface area contributed by atoms with Gasteiger partial charge in [0.1, 0.15) is 0 Å². The van der Waals surface area contributed by atoms with Crippen molar-refractivity contribution < 1.29 is 9.57 Å². The highest BCUT2D eigenvalue weighted by atomic mass is 16.7. The van der Waals surface area contributed by atoms with Crippen LogP contribution in [0.5, 0.6) is 0 Å². The quantitative estimate of drug-likeness (QED) is 0.666. The molecule has 0 N–H and O–H groups in total. The molecular formula is C11H13NO2. The van der Waals surface area contributed by atoms with E-state index in [-0.39, 0.29) is 0 Å². The molecule has 0 aromatic carbocycles. The lowest BCUT2D eigenvalue weighted by Gasteiger charge is -2.28. The minimum absolute atomic E-state index is 0.665. The maximum Gasteiger partial charge on any atom is 0.215 e. The molecule has 1 aliphatic heterocycles. The maximum atomic E-state index is 5.18. The molecule has 2 rings (SSSR count). The monoisotopic (exact) mass is 191 g/mol. The van der Waals surface area contributed by atoms with Gasteiger partial charge in [-0.2, -0.15) is 0 Å². The van der Waals surface area contributed by atoms with E-state index in [0.29, 0.717) is 5.88 Å². The molecule has 3 heteroatoms. The van der Waals surface area contributed by atoms with Crippen LogP contribution in [0.3, 0.4) is 0 Å². The fourth-order valence-corrected chi connectivity index (χ4v) is 1.59. The second-order valence-corrected chi connectivity index (χ2v) is 3.15. The Hall–Kier alpha value is -1.22. The van der Waals surface area contributed by atoms with Crippen molar-refractivity contribution in [3.8, 4) is 0 Å². The Labute approximate surface area is 84.2 Å². The summed E-state index contributed by atoms with van der Waals surface area (Å²) < 4.78 is 5.18. The van der Waals surface area contributed by atoms with Crippen molar-refractivity contribution in [3.63, 3.8) is 0 Å². The van der Waals surface area contributed by atoms with Crippen LogP contribution in [0.1, 0.15) is 12.8 Å². The Balaban J connectivity index is 2.27. The van der Waals surface area contributed by atoms with E-state index in [1.165, 1.54) is 16.2 Å². The molecular weight excluding hydrogens is 178 g/mol. The van der Waals surface area contributed by atoms with Gasteiger partial charge in [-0.15, -0.1) is 0 Å². The van der Waals surface area contributed by atoms with Gasteiger partial charge in [0.25, 0.3) is 0 Å². The Kier molecular flexibility index (Phi) is 2.59. The van der Waals surface area contributed by atoms with Gasteiger partial charge >= 0.3 is 0 Å². The van der Waals surface area contributed by atoms with Crippen LogP contribution in [0.4, 0.5) is 0 Å². The van der Waals surface area contributed by atoms with Crippen LogP contribution in [0.15, 0.2) is 35.3 Å². The van der Waals surface area contributed by atoms with Crippen molar-refractivity contribution in [2.45, 2.75) is 12.8 Å². The zero-order valence-corrected chi connectivity index (χ0v) is 8.41. The largest absolute Gasteiger partial charge is 0.481 e. The number of methoxy groups -OCH3 is 1. The third kappa shape index (κ3) is 1.55. The second kappa shape index (κ2) is 3.88. The number of hydrogen-bond donors (Lipinski definition) is 0. The van der Waals surface area contributed by atoms with Crippen LogP contribution in [0.25, 0.3) is 0 Å². The zero-order chi connectivity index (χ0) is 9.97. The summed E-state index contributed by atoms with van der Waals surface area (Å²) in [5, 5.41) is 1.53. The van der Waals surface area contributed by atoms with Gasteiger partial charge in [0.15, 0.2) is 6.54 Å². The highest BCUT2D eigenvalue weighted by Crippen LogP contribution is 2.30. The van der Waals surface area contributed by atoms with E-state index in [2.05, 4.69) is 18.7 Å². The predicted octanol–water partition coefficient (Wildman–Crippen LogP) is 2.04. The molecule has 74 valence electrons. The lowest BCUT2D eigenvalue weighted by molar-refractivity contribution is -0.111. The normalized spacial score (nSPS) is 20.7. The molecule has 0 spiro atoms. The highest BCUT2D eigenvalue weighted by Gasteiger charge is 2.22. The van der Waals surface area contributed by atoms with E-state index in [1.54, 1.807) is 14.2 Å². The first kappa shape index (κ1) is 9.34. The van der Waals surface area contributed by atoms with Gasteiger partial charge < -0.3 is 4.74 Å². The van der Waals surface area contributed by atoms with Crippen molar-refractivity contribution in [2.75, 3.05) is 14.2 Å². The van der Waals surface area contributed by atoms with Crippen molar-refractivity contribution in [3.05, 3.63) is 41.8 Å². The Bertz CT molecular complexity index is 315. The van der Waals surface area contributed by atoms with E-state index in [9.17, 15) is 0 Å². The molecule has 1 heterocycles. The molecule has 2 radical (unpaired) electrons. The summed E-state index contributed by atoms with van der Waals surface area (Å²) in [6, 6.07) is 0. The Morgan fingerprint density at radius 1 is 1.43 bits per heavy atom. The zero-order valence-electron chi connectivity index (χ0n) is 8.41. The van der Waals surface area contributed by atoms with Crippen molar-refractivity contribution in [2.24, 2.45) is 0 Å². The van der Waals surface area contributed by atoms with Crippen molar-refractivity contribution in [1.29, 1.82) is 0 Å². The van der Waals surface area contributed by atoms with Gasteiger partial charge in [-0.25, -0.2) is 5.06 Å². The number of allylic oxidation sites excluding steroid dienone is 4. The van der Waals surface area contributed by atoms with E-state index < -0.39 is 0 Å². The van der Waals surface area contributed by atoms with E-state index >= 15 is 0 Å². The molecule has 0 unspecified atom stereocenters. The summed E-state index contributed by atoms with van der Waals surface area (Å²) in [4.78, 5) is 5.11. The smallest absolute Gasteiger partial charge is 0.215 e. The highest BCUT2D eigenvalue weighted by molar-refractivity contribution is 5.44. The number of hydroxylamine groups is 2. The average molecular weight is 191 g/mol. The van der Waals surface area contributed by atoms with Crippen LogP contribution < -0.4 is 0 Å². The number of hydrogen-bond acceptors (Lipinski definition) is 3. The van der Waals surface area contributed by atoms with Gasteiger partial charge in [0.2, 0.25) is 5.88 Å². The standard InChI is InChI=1S/C11H13NO2/c1-13-11-7-9-5-3-4-6-10(9)8-12(11)14-2/h3,5,7H,4,6H2,1-2H3. The summed E-state index contributed by atoms with van der Waals surface area (Å²) in [5.41, 5.74) is 2.34. The van der Waals surface area contributed by atoms with Crippen molar-refractivity contribution in [1.82, 2.24) is 5.06 Å². The van der Waals surface area contributed by atoms with Crippen LogP contribution in [-0.4, -0.2) is 19.3 Å². The summed E-state index contributed by atoms with van der Waals surface area (Å²) in [6.07, 6.45) is 8.30. The fourth-order valence-electron chi connectivity index (χ4n) is 1.59. The first-order valence-corrected chi connectivity index (χ1v) is 4.61. The van der Waals surface area contributed by atoms with Crippen molar-refractivity contribution >= 4 is 0 Å². The molecule has 2 aliphatic rings. The summed E-state index contributed by atoms with van der Waals surface area (Å²) in [6.45, 7) is 3.15. The molecule has 14 heavy (non-hydrogen) atoms. The maximum absolute atomic E-state index is 5.18. The predicted molar refractivity (Wildman–Crippen MR) is 52.6 cm³/mol. The molecule has 3 nitrogen and oxygen atoms in total. The molecule has 1 aliphatic carbocycles. The molecule has 0 atom stereocenters. The topological polar surface area (TPSA) is 21.7 Å². The van der Waals surface area contributed by atoms with E-state index in [0.717, 1.165) is 12.8 Å². The number of ether oxygens (including phenoxy) is 1. The molecule has 0 saturated heterocycles. The molecule has 0 amide bonds. The minimum atomic E-state index is 0.665. The number of nitrogens with zero attached hydrogens (tertiary/aromatic N) is 1. The first-order chi connectivity index (χ1) is 6.85. The first-order valence-electron chi connectivity index (χ1n) is 4.61. The molecule has 0 bridgehead atoms. The SMILES string of the molecule is COC1=CC2=C([C]N1OC)CCC=C2. The summed E-state index contributed by atoms with van der Waals surface area (Å²) >= 11 is 0. The van der Waals surface area contributed by atoms with Crippen LogP contribution in [-0.2, 0) is 9.57 Å². The van der Waals surface area contributed by atoms with Crippen LogP contribution >= 0.6 is 0 Å². The van der Waals surface area contributed by atoms with Gasteiger partial charge in [-0.05, 0) is 24.0 Å². The van der Waals surface area contributed by atoms with Gasteiger partial charge in [-0.1, -0.05) is 12.2 Å². The molecule has 0 aromatic rings. The Morgan fingerprint density at radius 2 is 2.29 bits per heavy atom. The van der Waals surface area contributed by atoms with E-state index in [1.807, 2.05) is 6.08 Å². The van der Waals surface area contributed by atoms with E-state index in [4.69, 9.17) is 9.57 Å². The fraction of sp³-hybridized carbons (Fsp3) is 0.364. The third-order valence-corrected chi connectivity index (χ3v) is 2.31. The molecule has 0 fully saturated rings. The van der Waals surface area contributed by atoms with Crippen LogP contribution in [0.2, 0.25) is 0 Å². The molecule has 0 aromatic heterocycles. The van der Waals surface area contributed by atoms with Crippen LogP contribution in [0, 0.1) is 6.54 Å².